The lowest BCUT2D eigenvalue weighted by Crippen LogP contribution is -2.30. The SMILES string of the molecule is COC(=O)c1occc1CNCC1COC(C)(C)O1. The predicted octanol–water partition coefficient (Wildman–Crippen LogP) is 1.31. The summed E-state index contributed by atoms with van der Waals surface area (Å²) >= 11 is 0. The summed E-state index contributed by atoms with van der Waals surface area (Å²) in [4.78, 5) is 11.4. The molecular formula is C13H19NO5. The predicted molar refractivity (Wildman–Crippen MR) is 66.7 cm³/mol. The Morgan fingerprint density at radius 2 is 2.37 bits per heavy atom. The summed E-state index contributed by atoms with van der Waals surface area (Å²) in [6, 6.07) is 1.75. The molecule has 1 saturated heterocycles. The van der Waals surface area contributed by atoms with E-state index in [-0.39, 0.29) is 11.9 Å². The van der Waals surface area contributed by atoms with Crippen LogP contribution in [0.4, 0.5) is 0 Å². The third-order valence-electron chi connectivity index (χ3n) is 2.87. The molecule has 0 aliphatic carbocycles. The normalized spacial score (nSPS) is 21.5. The molecule has 2 rings (SSSR count). The van der Waals surface area contributed by atoms with E-state index in [0.717, 1.165) is 5.56 Å². The lowest BCUT2D eigenvalue weighted by atomic mass is 10.2. The number of hydrogen-bond acceptors (Lipinski definition) is 6. The van der Waals surface area contributed by atoms with Crippen LogP contribution in [0, 0.1) is 0 Å². The maximum Gasteiger partial charge on any atom is 0.374 e. The summed E-state index contributed by atoms with van der Waals surface area (Å²) in [6.07, 6.45) is 1.49. The lowest BCUT2D eigenvalue weighted by molar-refractivity contribution is -0.137. The number of hydrogen-bond donors (Lipinski definition) is 1. The quantitative estimate of drug-likeness (QED) is 0.813. The maximum absolute atomic E-state index is 11.4. The lowest BCUT2D eigenvalue weighted by Gasteiger charge is -2.17. The average Bonchev–Trinajstić information content (AvgIpc) is 2.95. The Kier molecular flexibility index (Phi) is 4.24. The van der Waals surface area contributed by atoms with Crippen molar-refractivity contribution in [3.8, 4) is 0 Å². The third-order valence-corrected chi connectivity index (χ3v) is 2.87. The number of methoxy groups -OCH3 is 1. The van der Waals surface area contributed by atoms with Crippen molar-refractivity contribution in [1.29, 1.82) is 0 Å². The second-order valence-corrected chi connectivity index (χ2v) is 4.85. The van der Waals surface area contributed by atoms with Gasteiger partial charge in [0, 0.05) is 18.7 Å². The molecule has 1 aliphatic rings. The van der Waals surface area contributed by atoms with Gasteiger partial charge in [0.1, 0.15) is 0 Å². The molecule has 0 amide bonds. The summed E-state index contributed by atoms with van der Waals surface area (Å²) in [6.45, 7) is 5.50. The van der Waals surface area contributed by atoms with Crippen molar-refractivity contribution in [2.45, 2.75) is 32.3 Å². The van der Waals surface area contributed by atoms with Gasteiger partial charge in [-0.25, -0.2) is 4.79 Å². The number of esters is 1. The number of nitrogens with one attached hydrogen (secondary N) is 1. The first kappa shape index (κ1) is 14.0. The van der Waals surface area contributed by atoms with Crippen molar-refractivity contribution in [3.05, 3.63) is 23.7 Å². The molecular weight excluding hydrogens is 250 g/mol. The standard InChI is InChI=1S/C13H19NO5/c1-13(2)18-8-10(19-13)7-14-6-9-4-5-17-11(9)12(15)16-3/h4-5,10,14H,6-8H2,1-3H3. The molecule has 1 atom stereocenters. The Hall–Kier alpha value is -1.37. The molecule has 1 aliphatic heterocycles. The molecule has 1 fully saturated rings. The van der Waals surface area contributed by atoms with E-state index >= 15 is 0 Å². The van der Waals surface area contributed by atoms with Gasteiger partial charge in [-0.1, -0.05) is 0 Å². The number of furan rings is 1. The monoisotopic (exact) mass is 269 g/mol. The first-order valence-electron chi connectivity index (χ1n) is 6.19. The second-order valence-electron chi connectivity index (χ2n) is 4.85. The van der Waals surface area contributed by atoms with Gasteiger partial charge in [0.2, 0.25) is 5.76 Å². The summed E-state index contributed by atoms with van der Waals surface area (Å²) in [5, 5.41) is 3.21. The van der Waals surface area contributed by atoms with Gasteiger partial charge in [-0.05, 0) is 19.9 Å². The zero-order valence-electron chi connectivity index (χ0n) is 11.4. The van der Waals surface area contributed by atoms with Gasteiger partial charge in [0.15, 0.2) is 5.79 Å². The molecule has 1 N–H and O–H groups in total. The van der Waals surface area contributed by atoms with Crippen LogP contribution < -0.4 is 5.32 Å². The van der Waals surface area contributed by atoms with Crippen LogP contribution in [-0.2, 0) is 20.8 Å². The van der Waals surface area contributed by atoms with E-state index in [1.54, 1.807) is 6.07 Å². The molecule has 1 aromatic heterocycles. The van der Waals surface area contributed by atoms with E-state index in [0.29, 0.717) is 19.7 Å². The minimum absolute atomic E-state index is 0.0171. The van der Waals surface area contributed by atoms with Crippen molar-refractivity contribution < 1.29 is 23.4 Å². The van der Waals surface area contributed by atoms with Crippen LogP contribution in [0.2, 0.25) is 0 Å². The first-order chi connectivity index (χ1) is 9.02. The Balaban J connectivity index is 1.80. The van der Waals surface area contributed by atoms with Crippen molar-refractivity contribution in [3.63, 3.8) is 0 Å². The van der Waals surface area contributed by atoms with Crippen molar-refractivity contribution in [1.82, 2.24) is 5.32 Å². The van der Waals surface area contributed by atoms with Crippen molar-refractivity contribution >= 4 is 5.97 Å². The number of carbonyl (C=O) groups excluding carboxylic acids is 1. The number of rotatable bonds is 5. The Morgan fingerprint density at radius 3 is 3.00 bits per heavy atom. The van der Waals surface area contributed by atoms with E-state index in [1.807, 2.05) is 13.8 Å². The van der Waals surface area contributed by atoms with Gasteiger partial charge in [-0.3, -0.25) is 0 Å². The van der Waals surface area contributed by atoms with Crippen LogP contribution in [0.5, 0.6) is 0 Å². The highest BCUT2D eigenvalue weighted by atomic mass is 16.7. The maximum atomic E-state index is 11.4. The minimum Gasteiger partial charge on any atom is -0.463 e. The first-order valence-corrected chi connectivity index (χ1v) is 6.19. The highest BCUT2D eigenvalue weighted by Crippen LogP contribution is 2.21. The highest BCUT2D eigenvalue weighted by molar-refractivity contribution is 5.87. The second kappa shape index (κ2) is 5.73. The molecule has 0 bridgehead atoms. The topological polar surface area (TPSA) is 69.9 Å². The van der Waals surface area contributed by atoms with E-state index in [9.17, 15) is 4.79 Å². The Labute approximate surface area is 112 Å². The molecule has 0 radical (unpaired) electrons. The van der Waals surface area contributed by atoms with E-state index in [1.165, 1.54) is 13.4 Å². The molecule has 19 heavy (non-hydrogen) atoms. The van der Waals surface area contributed by atoms with Gasteiger partial charge in [-0.2, -0.15) is 0 Å². The van der Waals surface area contributed by atoms with Crippen LogP contribution in [-0.4, -0.2) is 38.1 Å². The molecule has 6 nitrogen and oxygen atoms in total. The van der Waals surface area contributed by atoms with E-state index in [2.05, 4.69) is 10.1 Å². The van der Waals surface area contributed by atoms with Crippen molar-refractivity contribution in [2.75, 3.05) is 20.3 Å². The summed E-state index contributed by atoms with van der Waals surface area (Å²) in [7, 11) is 1.33. The van der Waals surface area contributed by atoms with Crippen LogP contribution in [0.25, 0.3) is 0 Å². The largest absolute Gasteiger partial charge is 0.463 e. The van der Waals surface area contributed by atoms with Crippen LogP contribution >= 0.6 is 0 Å². The van der Waals surface area contributed by atoms with Gasteiger partial charge >= 0.3 is 5.97 Å². The van der Waals surface area contributed by atoms with Gasteiger partial charge < -0.3 is 23.9 Å². The van der Waals surface area contributed by atoms with Crippen molar-refractivity contribution in [2.24, 2.45) is 0 Å². The molecule has 0 saturated carbocycles. The zero-order valence-corrected chi connectivity index (χ0v) is 11.4. The fraction of sp³-hybridized carbons (Fsp3) is 0.615. The van der Waals surface area contributed by atoms with Gasteiger partial charge in [0.25, 0.3) is 0 Å². The summed E-state index contributed by atoms with van der Waals surface area (Å²) < 4.78 is 20.9. The molecule has 106 valence electrons. The van der Waals surface area contributed by atoms with Crippen LogP contribution in [0.3, 0.4) is 0 Å². The summed E-state index contributed by atoms with van der Waals surface area (Å²) in [5.41, 5.74) is 0.769. The minimum atomic E-state index is -0.515. The molecule has 0 spiro atoms. The summed E-state index contributed by atoms with van der Waals surface area (Å²) in [5.74, 6) is -0.749. The smallest absolute Gasteiger partial charge is 0.374 e. The van der Waals surface area contributed by atoms with E-state index < -0.39 is 11.8 Å². The molecule has 6 heteroatoms. The zero-order chi connectivity index (χ0) is 13.9. The molecule has 2 heterocycles. The number of ether oxygens (including phenoxy) is 3. The Morgan fingerprint density at radius 1 is 1.58 bits per heavy atom. The fourth-order valence-corrected chi connectivity index (χ4v) is 1.98. The molecule has 1 aromatic rings. The molecule has 1 unspecified atom stereocenters. The molecule has 0 aromatic carbocycles. The number of carbonyl (C=O) groups is 1. The van der Waals surface area contributed by atoms with Crippen LogP contribution in [0.1, 0.15) is 30.0 Å². The van der Waals surface area contributed by atoms with Gasteiger partial charge in [-0.15, -0.1) is 0 Å². The third kappa shape index (κ3) is 3.56. The average molecular weight is 269 g/mol. The Bertz CT molecular complexity index is 440. The van der Waals surface area contributed by atoms with E-state index in [4.69, 9.17) is 13.9 Å². The fourth-order valence-electron chi connectivity index (χ4n) is 1.98. The van der Waals surface area contributed by atoms with Gasteiger partial charge in [0.05, 0.1) is 26.1 Å². The van der Waals surface area contributed by atoms with Crippen LogP contribution in [0.15, 0.2) is 16.7 Å². The highest BCUT2D eigenvalue weighted by Gasteiger charge is 2.32.